The van der Waals surface area contributed by atoms with Crippen LogP contribution in [0.1, 0.15) is 33.2 Å². The molecule has 2 rings (SSSR count). The van der Waals surface area contributed by atoms with Gasteiger partial charge < -0.3 is 14.8 Å². The van der Waals surface area contributed by atoms with Crippen LogP contribution in [0.15, 0.2) is 24.3 Å². The number of carbonyl (C=O) groups is 1. The van der Waals surface area contributed by atoms with Crippen molar-refractivity contribution in [2.75, 3.05) is 14.1 Å². The zero-order chi connectivity index (χ0) is 14.9. The Bertz CT molecular complexity index is 623. The van der Waals surface area contributed by atoms with E-state index in [0.717, 1.165) is 21.1 Å². The van der Waals surface area contributed by atoms with Crippen molar-refractivity contribution >= 4 is 17.3 Å². The van der Waals surface area contributed by atoms with Crippen LogP contribution in [0.5, 0.6) is 0 Å². The topological polar surface area (TPSA) is 56.3 Å². The van der Waals surface area contributed by atoms with E-state index in [-0.39, 0.29) is 30.5 Å². The molecule has 1 heterocycles. The van der Waals surface area contributed by atoms with Crippen LogP contribution in [-0.4, -0.2) is 29.9 Å². The molecule has 1 aromatic carbocycles. The molecular formula is C15H17LiN2O2S. The van der Waals surface area contributed by atoms with Crippen LogP contribution >= 0.6 is 11.3 Å². The van der Waals surface area contributed by atoms with Gasteiger partial charge in [-0.1, -0.05) is 24.3 Å². The van der Waals surface area contributed by atoms with Crippen LogP contribution in [0.25, 0.3) is 11.3 Å². The van der Waals surface area contributed by atoms with Gasteiger partial charge in [-0.15, -0.1) is 11.3 Å². The molecule has 2 aromatic rings. The number of hydrogen-bond acceptors (Lipinski definition) is 5. The third-order valence-electron chi connectivity index (χ3n) is 3.34. The van der Waals surface area contributed by atoms with E-state index in [1.54, 1.807) is 35.6 Å². The molecule has 1 atom stereocenters. The average Bonchev–Trinajstić information content (AvgIpc) is 2.79. The molecule has 0 amide bonds. The Morgan fingerprint density at radius 3 is 2.33 bits per heavy atom. The van der Waals surface area contributed by atoms with Crippen LogP contribution < -0.4 is 24.0 Å². The second-order valence-electron chi connectivity index (χ2n) is 4.96. The molecule has 0 spiro atoms. The van der Waals surface area contributed by atoms with Gasteiger partial charge in [0.05, 0.1) is 17.7 Å². The van der Waals surface area contributed by atoms with Crippen LogP contribution in [0.2, 0.25) is 0 Å². The van der Waals surface area contributed by atoms with E-state index in [2.05, 4.69) is 16.8 Å². The second kappa shape index (κ2) is 7.23. The van der Waals surface area contributed by atoms with E-state index >= 15 is 0 Å². The van der Waals surface area contributed by atoms with Crippen molar-refractivity contribution in [1.82, 2.24) is 9.88 Å². The van der Waals surface area contributed by atoms with Gasteiger partial charge in [0.15, 0.2) is 0 Å². The summed E-state index contributed by atoms with van der Waals surface area (Å²) in [4.78, 5) is 18.7. The Kier molecular flexibility index (Phi) is 6.18. The van der Waals surface area contributed by atoms with E-state index in [9.17, 15) is 9.90 Å². The third kappa shape index (κ3) is 3.95. The molecule has 106 valence electrons. The van der Waals surface area contributed by atoms with Gasteiger partial charge in [-0.05, 0) is 33.5 Å². The maximum Gasteiger partial charge on any atom is 1.00 e. The minimum Gasteiger partial charge on any atom is -0.545 e. The molecule has 0 aliphatic heterocycles. The van der Waals surface area contributed by atoms with Gasteiger partial charge in [0.25, 0.3) is 0 Å². The summed E-state index contributed by atoms with van der Waals surface area (Å²) in [6, 6.07) is 6.92. The van der Waals surface area contributed by atoms with Crippen molar-refractivity contribution in [3.63, 3.8) is 0 Å². The number of rotatable bonds is 4. The summed E-state index contributed by atoms with van der Waals surface area (Å²) in [7, 11) is 4.05. The van der Waals surface area contributed by atoms with Crippen molar-refractivity contribution in [2.45, 2.75) is 19.9 Å². The van der Waals surface area contributed by atoms with Crippen molar-refractivity contribution in [3.05, 3.63) is 39.7 Å². The van der Waals surface area contributed by atoms with Gasteiger partial charge in [0.1, 0.15) is 5.01 Å². The predicted molar refractivity (Wildman–Crippen MR) is 78.7 cm³/mol. The first-order chi connectivity index (χ1) is 9.40. The van der Waals surface area contributed by atoms with Crippen molar-refractivity contribution in [2.24, 2.45) is 0 Å². The van der Waals surface area contributed by atoms with E-state index < -0.39 is 5.97 Å². The Hall–Kier alpha value is -1.12. The molecule has 0 N–H and O–H groups in total. The fourth-order valence-electron chi connectivity index (χ4n) is 1.85. The number of carboxylic acids is 1. The van der Waals surface area contributed by atoms with Crippen molar-refractivity contribution in [3.8, 4) is 11.3 Å². The number of hydrogen-bond donors (Lipinski definition) is 0. The number of aromatic nitrogens is 1. The Morgan fingerprint density at radius 1 is 1.29 bits per heavy atom. The maximum atomic E-state index is 10.8. The van der Waals surface area contributed by atoms with Crippen LogP contribution in [0.3, 0.4) is 0 Å². The number of aryl methyl sites for hydroxylation is 1. The Balaban J connectivity index is 0.00000220. The summed E-state index contributed by atoms with van der Waals surface area (Å²) in [6.07, 6.45) is 0. The first-order valence-electron chi connectivity index (χ1n) is 6.35. The molecule has 21 heavy (non-hydrogen) atoms. The number of thiazole rings is 1. The van der Waals surface area contributed by atoms with Crippen LogP contribution in [0.4, 0.5) is 0 Å². The van der Waals surface area contributed by atoms with Crippen molar-refractivity contribution in [1.29, 1.82) is 0 Å². The number of carboxylic acid groups (broad SMARTS) is 1. The van der Waals surface area contributed by atoms with E-state index in [1.807, 2.05) is 21.0 Å². The molecular weight excluding hydrogens is 279 g/mol. The molecule has 0 fully saturated rings. The van der Waals surface area contributed by atoms with Gasteiger partial charge in [-0.2, -0.15) is 0 Å². The molecule has 0 aliphatic carbocycles. The molecule has 1 unspecified atom stereocenters. The second-order valence-corrected chi connectivity index (χ2v) is 6.20. The zero-order valence-corrected chi connectivity index (χ0v) is 13.8. The Labute approximate surface area is 141 Å². The fraction of sp³-hybridized carbons (Fsp3) is 0.333. The summed E-state index contributed by atoms with van der Waals surface area (Å²) < 4.78 is 0. The summed E-state index contributed by atoms with van der Waals surface area (Å²) in [5, 5.41) is 11.8. The Morgan fingerprint density at radius 2 is 1.86 bits per heavy atom. The van der Waals surface area contributed by atoms with Crippen molar-refractivity contribution < 1.29 is 28.8 Å². The SMILES string of the molecule is Cc1sc(C(C)N(C)C)nc1-c1ccc(C(=O)[O-])cc1.[Li+]. The largest absolute Gasteiger partial charge is 1.00 e. The number of benzene rings is 1. The summed E-state index contributed by atoms with van der Waals surface area (Å²) in [5.41, 5.74) is 2.04. The third-order valence-corrected chi connectivity index (χ3v) is 4.48. The first-order valence-corrected chi connectivity index (χ1v) is 7.17. The van der Waals surface area contributed by atoms with Gasteiger partial charge in [0.2, 0.25) is 0 Å². The normalized spacial score (nSPS) is 12.0. The molecule has 0 saturated carbocycles. The first kappa shape index (κ1) is 17.9. The zero-order valence-electron chi connectivity index (χ0n) is 13.0. The molecule has 1 aromatic heterocycles. The molecule has 0 radical (unpaired) electrons. The van der Waals surface area contributed by atoms with Gasteiger partial charge >= 0.3 is 18.9 Å². The summed E-state index contributed by atoms with van der Waals surface area (Å²) >= 11 is 1.67. The number of nitrogens with zero attached hydrogens (tertiary/aromatic N) is 2. The number of carbonyl (C=O) groups excluding carboxylic acids is 1. The minimum absolute atomic E-state index is 0. The average molecular weight is 296 g/mol. The summed E-state index contributed by atoms with van der Waals surface area (Å²) in [5.74, 6) is -1.16. The number of aromatic carboxylic acids is 1. The molecule has 0 aliphatic rings. The smallest absolute Gasteiger partial charge is 0.545 e. The van der Waals surface area contributed by atoms with Crippen LogP contribution in [-0.2, 0) is 0 Å². The predicted octanol–water partition coefficient (Wildman–Crippen LogP) is -0.891. The molecule has 0 saturated heterocycles. The quantitative estimate of drug-likeness (QED) is 0.687. The van der Waals surface area contributed by atoms with E-state index in [1.165, 1.54) is 0 Å². The summed E-state index contributed by atoms with van der Waals surface area (Å²) in [6.45, 7) is 4.15. The standard InChI is InChI=1S/C15H18N2O2S.Li/c1-9(17(3)4)14-16-13(10(2)20-14)11-5-7-12(8-6-11)15(18)19;/h5-9H,1-4H3,(H,18,19);/q;+1/p-1. The minimum atomic E-state index is -1.16. The van der Waals surface area contributed by atoms with Gasteiger partial charge in [-0.25, -0.2) is 4.98 Å². The molecule has 4 nitrogen and oxygen atoms in total. The van der Waals surface area contributed by atoms with Gasteiger partial charge in [-0.3, -0.25) is 0 Å². The van der Waals surface area contributed by atoms with E-state index in [0.29, 0.717) is 0 Å². The maximum absolute atomic E-state index is 10.8. The molecule has 6 heteroatoms. The van der Waals surface area contributed by atoms with Gasteiger partial charge in [0, 0.05) is 10.4 Å². The molecule has 0 bridgehead atoms. The van der Waals surface area contributed by atoms with Crippen LogP contribution in [0, 0.1) is 6.92 Å². The monoisotopic (exact) mass is 296 g/mol. The fourth-order valence-corrected chi connectivity index (χ4v) is 2.94. The van der Waals surface area contributed by atoms with E-state index in [4.69, 9.17) is 0 Å².